The SMILES string of the molecule is CO[C@H](C(=O)Nc1nnc(NC2CCC(c3cc(C)cnn3)CC2)s1)c1cc(OC(F)(F)F)ccc1F. The minimum atomic E-state index is -4.97. The molecule has 2 heterocycles. The third kappa shape index (κ3) is 7.10. The van der Waals surface area contributed by atoms with Crippen molar-refractivity contribution in [1.82, 2.24) is 20.4 Å². The zero-order valence-electron chi connectivity index (χ0n) is 19.9. The van der Waals surface area contributed by atoms with Crippen LogP contribution in [-0.2, 0) is 9.53 Å². The fraction of sp³-hybridized carbons (Fsp3) is 0.435. The van der Waals surface area contributed by atoms with Crippen molar-refractivity contribution in [2.24, 2.45) is 0 Å². The summed E-state index contributed by atoms with van der Waals surface area (Å²) in [7, 11) is 1.13. The van der Waals surface area contributed by atoms with Crippen LogP contribution in [-0.4, -0.2) is 45.8 Å². The number of aryl methyl sites for hydroxylation is 1. The quantitative estimate of drug-likeness (QED) is 0.378. The Hall–Kier alpha value is -3.39. The number of hydrogen-bond acceptors (Lipinski definition) is 9. The summed E-state index contributed by atoms with van der Waals surface area (Å²) in [6.07, 6.45) is -1.12. The molecule has 4 rings (SSSR count). The number of halogens is 4. The first-order valence-electron chi connectivity index (χ1n) is 11.4. The van der Waals surface area contributed by atoms with Crippen LogP contribution in [0.15, 0.2) is 30.5 Å². The van der Waals surface area contributed by atoms with Gasteiger partial charge >= 0.3 is 6.36 Å². The van der Waals surface area contributed by atoms with Crippen LogP contribution in [0, 0.1) is 12.7 Å². The first-order chi connectivity index (χ1) is 17.6. The second kappa shape index (κ2) is 11.3. The molecular formula is C23H24F4N6O3S. The maximum atomic E-state index is 14.3. The number of hydrogen-bond donors (Lipinski definition) is 2. The number of anilines is 2. The van der Waals surface area contributed by atoms with Gasteiger partial charge in [0.25, 0.3) is 5.91 Å². The van der Waals surface area contributed by atoms with Crippen LogP contribution in [0.4, 0.5) is 27.8 Å². The third-order valence-corrected chi connectivity index (χ3v) is 6.67. The molecule has 1 aliphatic rings. The summed E-state index contributed by atoms with van der Waals surface area (Å²) in [6, 6.07) is 4.57. The van der Waals surface area contributed by atoms with Crippen molar-refractivity contribution in [1.29, 1.82) is 0 Å². The van der Waals surface area contributed by atoms with Crippen molar-refractivity contribution >= 4 is 27.5 Å². The van der Waals surface area contributed by atoms with Gasteiger partial charge in [-0.3, -0.25) is 10.1 Å². The van der Waals surface area contributed by atoms with Gasteiger partial charge in [0.15, 0.2) is 6.10 Å². The number of nitrogens with zero attached hydrogens (tertiary/aromatic N) is 4. The van der Waals surface area contributed by atoms with E-state index in [9.17, 15) is 22.4 Å². The molecule has 0 bridgehead atoms. The normalized spacial score (nSPS) is 18.8. The van der Waals surface area contributed by atoms with Gasteiger partial charge < -0.3 is 14.8 Å². The summed E-state index contributed by atoms with van der Waals surface area (Å²) < 4.78 is 60.8. The van der Waals surface area contributed by atoms with E-state index in [4.69, 9.17) is 4.74 Å². The Kier molecular flexibility index (Phi) is 8.17. The molecule has 1 aromatic carbocycles. The Bertz CT molecular complexity index is 1230. The highest BCUT2D eigenvalue weighted by molar-refractivity contribution is 7.19. The largest absolute Gasteiger partial charge is 0.573 e. The first kappa shape index (κ1) is 26.7. The molecule has 198 valence electrons. The number of methoxy groups -OCH3 is 1. The summed E-state index contributed by atoms with van der Waals surface area (Å²) in [5, 5.41) is 22.7. The van der Waals surface area contributed by atoms with E-state index < -0.39 is 35.5 Å². The van der Waals surface area contributed by atoms with Gasteiger partial charge in [-0.25, -0.2) is 4.39 Å². The van der Waals surface area contributed by atoms with Crippen molar-refractivity contribution in [3.8, 4) is 5.75 Å². The standard InChI is InChI=1S/C23H24F4N6O3S/c1-12-9-18(31-28-11-12)13-3-5-14(6-4-13)29-21-32-33-22(37-21)30-20(34)19(35-2)16-10-15(7-8-17(16)24)36-23(25,26)27/h7-11,13-14,19H,3-6H2,1-2H3,(H,29,32)(H,30,33,34)/t13?,14?,19-/m0/s1. The van der Waals surface area contributed by atoms with E-state index in [0.717, 1.165) is 73.6 Å². The van der Waals surface area contributed by atoms with Gasteiger partial charge in [0, 0.05) is 24.6 Å². The molecule has 1 aliphatic carbocycles. The van der Waals surface area contributed by atoms with Crippen LogP contribution in [0.5, 0.6) is 5.75 Å². The van der Waals surface area contributed by atoms with Gasteiger partial charge in [0.2, 0.25) is 10.3 Å². The number of carbonyl (C=O) groups excluding carboxylic acids is 1. The number of alkyl halides is 3. The number of nitrogens with one attached hydrogen (secondary N) is 2. The number of carbonyl (C=O) groups is 1. The van der Waals surface area contributed by atoms with E-state index >= 15 is 0 Å². The molecule has 1 fully saturated rings. The maximum absolute atomic E-state index is 14.3. The van der Waals surface area contributed by atoms with Gasteiger partial charge in [-0.05, 0) is 62.4 Å². The Morgan fingerprint density at radius 3 is 2.51 bits per heavy atom. The lowest BCUT2D eigenvalue weighted by Gasteiger charge is -2.28. The van der Waals surface area contributed by atoms with E-state index in [1.165, 1.54) is 0 Å². The smallest absolute Gasteiger partial charge is 0.406 e. The number of rotatable bonds is 8. The van der Waals surface area contributed by atoms with Crippen molar-refractivity contribution in [2.75, 3.05) is 17.7 Å². The van der Waals surface area contributed by atoms with Gasteiger partial charge in [-0.2, -0.15) is 10.2 Å². The Morgan fingerprint density at radius 2 is 1.84 bits per heavy atom. The van der Waals surface area contributed by atoms with Crippen molar-refractivity contribution < 1.29 is 31.8 Å². The molecule has 0 radical (unpaired) electrons. The molecule has 1 amide bonds. The predicted molar refractivity (Wildman–Crippen MR) is 127 cm³/mol. The van der Waals surface area contributed by atoms with Crippen LogP contribution < -0.4 is 15.4 Å². The van der Waals surface area contributed by atoms with E-state index in [-0.39, 0.29) is 11.2 Å². The van der Waals surface area contributed by atoms with Crippen LogP contribution in [0.1, 0.15) is 54.5 Å². The maximum Gasteiger partial charge on any atom is 0.573 e. The van der Waals surface area contributed by atoms with Crippen molar-refractivity contribution in [3.63, 3.8) is 0 Å². The fourth-order valence-corrected chi connectivity index (χ4v) is 4.92. The summed E-state index contributed by atoms with van der Waals surface area (Å²) in [4.78, 5) is 12.7. The van der Waals surface area contributed by atoms with Gasteiger partial charge in [-0.1, -0.05) is 11.3 Å². The molecule has 2 N–H and O–H groups in total. The molecule has 2 aromatic heterocycles. The monoisotopic (exact) mass is 540 g/mol. The summed E-state index contributed by atoms with van der Waals surface area (Å²) in [5.74, 6) is -2.08. The fourth-order valence-electron chi connectivity index (χ4n) is 4.19. The first-order valence-corrected chi connectivity index (χ1v) is 12.2. The molecule has 14 heteroatoms. The number of aromatic nitrogens is 4. The lowest BCUT2D eigenvalue weighted by atomic mass is 9.84. The third-order valence-electron chi connectivity index (χ3n) is 5.90. The average Bonchev–Trinajstić information content (AvgIpc) is 3.27. The molecule has 0 unspecified atom stereocenters. The van der Waals surface area contributed by atoms with Crippen LogP contribution in [0.2, 0.25) is 0 Å². The lowest BCUT2D eigenvalue weighted by Crippen LogP contribution is -2.25. The summed E-state index contributed by atoms with van der Waals surface area (Å²) in [5.41, 5.74) is 1.66. The van der Waals surface area contributed by atoms with Gasteiger partial charge in [0.05, 0.1) is 11.9 Å². The molecule has 3 aromatic rings. The number of benzene rings is 1. The lowest BCUT2D eigenvalue weighted by molar-refractivity contribution is -0.274. The van der Waals surface area contributed by atoms with Crippen molar-refractivity contribution in [3.05, 3.63) is 53.1 Å². The summed E-state index contributed by atoms with van der Waals surface area (Å²) in [6.45, 7) is 1.99. The van der Waals surface area contributed by atoms with E-state index in [0.29, 0.717) is 11.0 Å². The van der Waals surface area contributed by atoms with Crippen LogP contribution >= 0.6 is 11.3 Å². The predicted octanol–water partition coefficient (Wildman–Crippen LogP) is 5.14. The van der Waals surface area contributed by atoms with Crippen LogP contribution in [0.25, 0.3) is 0 Å². The minimum Gasteiger partial charge on any atom is -0.406 e. The van der Waals surface area contributed by atoms with E-state index in [1.807, 2.05) is 6.92 Å². The summed E-state index contributed by atoms with van der Waals surface area (Å²) >= 11 is 1.08. The second-order valence-corrected chi connectivity index (χ2v) is 9.58. The minimum absolute atomic E-state index is 0.126. The molecule has 0 saturated heterocycles. The molecular weight excluding hydrogens is 516 g/mol. The average molecular weight is 541 g/mol. The zero-order valence-corrected chi connectivity index (χ0v) is 20.7. The molecule has 1 atom stereocenters. The van der Waals surface area contributed by atoms with Crippen LogP contribution in [0.3, 0.4) is 0 Å². The molecule has 37 heavy (non-hydrogen) atoms. The number of amides is 1. The highest BCUT2D eigenvalue weighted by atomic mass is 32.1. The highest BCUT2D eigenvalue weighted by Gasteiger charge is 2.32. The molecule has 1 saturated carbocycles. The topological polar surface area (TPSA) is 111 Å². The Labute approximate surface area is 213 Å². The Morgan fingerprint density at radius 1 is 1.11 bits per heavy atom. The van der Waals surface area contributed by atoms with Crippen molar-refractivity contribution in [2.45, 2.75) is 57.0 Å². The molecule has 0 aliphatic heterocycles. The second-order valence-electron chi connectivity index (χ2n) is 8.60. The van der Waals surface area contributed by atoms with Gasteiger partial charge in [-0.15, -0.1) is 23.4 Å². The molecule has 0 spiro atoms. The zero-order chi connectivity index (χ0) is 26.6. The Balaban J connectivity index is 1.34. The number of ether oxygens (including phenoxy) is 2. The highest BCUT2D eigenvalue weighted by Crippen LogP contribution is 2.34. The van der Waals surface area contributed by atoms with E-state index in [2.05, 4.69) is 41.8 Å². The molecule has 9 nitrogen and oxygen atoms in total. The van der Waals surface area contributed by atoms with Gasteiger partial charge in [0.1, 0.15) is 11.6 Å². The van der Waals surface area contributed by atoms with E-state index in [1.54, 1.807) is 6.20 Å².